The number of anilines is 3. The molecule has 0 N–H and O–H groups in total. The van der Waals surface area contributed by atoms with Gasteiger partial charge in [0.1, 0.15) is 5.58 Å². The van der Waals surface area contributed by atoms with Crippen molar-refractivity contribution in [3.63, 3.8) is 0 Å². The molecule has 10 aromatic carbocycles. The lowest BCUT2D eigenvalue weighted by atomic mass is 9.67. The molecule has 0 saturated heterocycles. The third kappa shape index (κ3) is 5.09. The number of thiophene rings is 1. The Balaban J connectivity index is 1.05. The maximum Gasteiger partial charge on any atom is 0.159 e. The molecule has 0 radical (unpaired) electrons. The second-order valence-electron chi connectivity index (χ2n) is 16.4. The van der Waals surface area contributed by atoms with Crippen molar-refractivity contribution in [3.8, 4) is 22.3 Å². The molecule has 0 aliphatic heterocycles. The number of rotatable bonds is 6. The van der Waals surface area contributed by atoms with Crippen molar-refractivity contribution in [2.45, 2.75) is 5.41 Å². The molecule has 0 amide bonds. The Morgan fingerprint density at radius 1 is 0.371 bits per heavy atom. The van der Waals surface area contributed by atoms with Crippen LogP contribution in [0, 0.1) is 0 Å². The van der Waals surface area contributed by atoms with Crippen molar-refractivity contribution in [1.29, 1.82) is 0 Å². The summed E-state index contributed by atoms with van der Waals surface area (Å²) in [7, 11) is 0. The SMILES string of the molecule is c1ccc(C2(c3ccccc3)c3ccccc3-c3ccc(N(c4ccc(-c5ccc6sc7ccccc7c6c5)cc4)c4cccc5c4oc4c6ccccc6ccc54)cc32)cc1. The normalized spacial score (nSPS) is 13.0. The molecule has 2 heterocycles. The van der Waals surface area contributed by atoms with E-state index in [4.69, 9.17) is 4.42 Å². The van der Waals surface area contributed by atoms with Crippen molar-refractivity contribution in [1.82, 2.24) is 0 Å². The van der Waals surface area contributed by atoms with Gasteiger partial charge in [-0.25, -0.2) is 0 Å². The number of benzene rings is 10. The first-order chi connectivity index (χ1) is 30.7. The van der Waals surface area contributed by atoms with Crippen LogP contribution < -0.4 is 4.90 Å². The largest absolute Gasteiger partial charge is 0.453 e. The topological polar surface area (TPSA) is 16.4 Å². The highest BCUT2D eigenvalue weighted by Crippen LogP contribution is 2.57. The van der Waals surface area contributed by atoms with Crippen LogP contribution >= 0.6 is 11.3 Å². The molecular weight excluding hydrogens is 771 g/mol. The van der Waals surface area contributed by atoms with E-state index in [-0.39, 0.29) is 0 Å². The molecule has 12 aromatic rings. The lowest BCUT2D eigenvalue weighted by molar-refractivity contribution is 0.673. The van der Waals surface area contributed by atoms with Gasteiger partial charge in [0, 0.05) is 47.7 Å². The highest BCUT2D eigenvalue weighted by Gasteiger charge is 2.46. The van der Waals surface area contributed by atoms with E-state index in [1.54, 1.807) is 0 Å². The maximum atomic E-state index is 7.06. The number of furan rings is 1. The van der Waals surface area contributed by atoms with Crippen LogP contribution in [0.25, 0.3) is 75.1 Å². The van der Waals surface area contributed by atoms with Crippen LogP contribution in [-0.2, 0) is 5.41 Å². The summed E-state index contributed by atoms with van der Waals surface area (Å²) in [4.78, 5) is 2.40. The fraction of sp³-hybridized carbons (Fsp3) is 0.0169. The summed E-state index contributed by atoms with van der Waals surface area (Å²) < 4.78 is 9.69. The van der Waals surface area contributed by atoms with Crippen LogP contribution in [0.5, 0.6) is 0 Å². The molecule has 13 rings (SSSR count). The third-order valence-electron chi connectivity index (χ3n) is 13.1. The van der Waals surface area contributed by atoms with E-state index in [0.29, 0.717) is 0 Å². The summed E-state index contributed by atoms with van der Waals surface area (Å²) in [5, 5.41) is 7.10. The molecule has 1 aliphatic carbocycles. The Kier molecular flexibility index (Phi) is 7.72. The Hall–Kier alpha value is -7.72. The van der Waals surface area contributed by atoms with Gasteiger partial charge in [0.25, 0.3) is 0 Å². The van der Waals surface area contributed by atoms with E-state index in [0.717, 1.165) is 49.8 Å². The number of nitrogens with zero attached hydrogens (tertiary/aromatic N) is 1. The molecule has 0 fully saturated rings. The zero-order valence-corrected chi connectivity index (χ0v) is 34.4. The van der Waals surface area contributed by atoms with Gasteiger partial charge in [-0.3, -0.25) is 0 Å². The van der Waals surface area contributed by atoms with Crippen molar-refractivity contribution in [2.75, 3.05) is 4.90 Å². The van der Waals surface area contributed by atoms with Crippen molar-refractivity contribution < 1.29 is 4.42 Å². The van der Waals surface area contributed by atoms with Crippen molar-refractivity contribution >= 4 is 81.3 Å². The molecule has 1 aliphatic rings. The summed E-state index contributed by atoms with van der Waals surface area (Å²) in [6, 6.07) is 82.3. The van der Waals surface area contributed by atoms with E-state index in [1.807, 2.05) is 11.3 Å². The average molecular weight is 808 g/mol. The average Bonchev–Trinajstić information content (AvgIpc) is 4.01. The van der Waals surface area contributed by atoms with Gasteiger partial charge in [0.05, 0.1) is 11.1 Å². The molecule has 290 valence electrons. The van der Waals surface area contributed by atoms with E-state index in [9.17, 15) is 0 Å². The summed E-state index contributed by atoms with van der Waals surface area (Å²) in [6.45, 7) is 0. The quantitative estimate of drug-likeness (QED) is 0.166. The van der Waals surface area contributed by atoms with Gasteiger partial charge >= 0.3 is 0 Å². The fourth-order valence-corrected chi connectivity index (χ4v) is 11.5. The molecule has 0 unspecified atom stereocenters. The highest BCUT2D eigenvalue weighted by atomic mass is 32.1. The molecular formula is C59H37NOS. The second kappa shape index (κ2) is 13.7. The van der Waals surface area contributed by atoms with Crippen molar-refractivity contribution in [3.05, 3.63) is 247 Å². The zero-order chi connectivity index (χ0) is 40.8. The first kappa shape index (κ1) is 35.1. The number of hydrogen-bond acceptors (Lipinski definition) is 3. The lowest BCUT2D eigenvalue weighted by Gasteiger charge is -2.35. The van der Waals surface area contributed by atoms with E-state index < -0.39 is 5.41 Å². The molecule has 0 saturated carbocycles. The molecule has 3 heteroatoms. The summed E-state index contributed by atoms with van der Waals surface area (Å²) in [6.07, 6.45) is 0. The van der Waals surface area contributed by atoms with Crippen molar-refractivity contribution in [2.24, 2.45) is 0 Å². The van der Waals surface area contributed by atoms with Gasteiger partial charge in [0.15, 0.2) is 5.58 Å². The van der Waals surface area contributed by atoms with Gasteiger partial charge in [-0.15, -0.1) is 11.3 Å². The van der Waals surface area contributed by atoms with E-state index in [1.165, 1.54) is 64.7 Å². The number of hydrogen-bond donors (Lipinski definition) is 0. The smallest absolute Gasteiger partial charge is 0.159 e. The van der Waals surface area contributed by atoms with Crippen LogP contribution in [0.2, 0.25) is 0 Å². The lowest BCUT2D eigenvalue weighted by Crippen LogP contribution is -2.28. The monoisotopic (exact) mass is 807 g/mol. The zero-order valence-electron chi connectivity index (χ0n) is 33.6. The van der Waals surface area contributed by atoms with Gasteiger partial charge in [-0.2, -0.15) is 0 Å². The first-order valence-electron chi connectivity index (χ1n) is 21.2. The summed E-state index contributed by atoms with van der Waals surface area (Å²) in [5.74, 6) is 0. The highest BCUT2D eigenvalue weighted by molar-refractivity contribution is 7.25. The van der Waals surface area contributed by atoms with Crippen LogP contribution in [0.3, 0.4) is 0 Å². The minimum Gasteiger partial charge on any atom is -0.453 e. The Morgan fingerprint density at radius 3 is 1.82 bits per heavy atom. The van der Waals surface area contributed by atoms with E-state index >= 15 is 0 Å². The standard InChI is InChI=1S/C59H37NOS/c1-3-15-41(16-4-1)59(42-17-5-2-6-18-42)52-23-11-9-20-46(52)47-34-32-44(37-53(47)59)60(54-24-13-22-49-50-33-28-39-14-7-8-19-45(39)57(50)61-58(49)54)43-30-26-38(27-31-43)40-29-35-56-51(36-40)48-21-10-12-25-55(48)62-56/h1-37H. The summed E-state index contributed by atoms with van der Waals surface area (Å²) in [5.41, 5.74) is 14.3. The van der Waals surface area contributed by atoms with Crippen LogP contribution in [0.15, 0.2) is 229 Å². The maximum absolute atomic E-state index is 7.06. The predicted octanol–water partition coefficient (Wildman–Crippen LogP) is 16.6. The Morgan fingerprint density at radius 2 is 1.00 bits per heavy atom. The van der Waals surface area contributed by atoms with E-state index in [2.05, 4.69) is 229 Å². The Bertz CT molecular complexity index is 3650. The van der Waals surface area contributed by atoms with Gasteiger partial charge < -0.3 is 9.32 Å². The van der Waals surface area contributed by atoms with Gasteiger partial charge in [0.2, 0.25) is 0 Å². The molecule has 0 atom stereocenters. The number of fused-ring (bicyclic) bond motifs is 11. The van der Waals surface area contributed by atoms with Gasteiger partial charge in [-0.1, -0.05) is 170 Å². The first-order valence-corrected chi connectivity index (χ1v) is 22.1. The third-order valence-corrected chi connectivity index (χ3v) is 14.3. The van der Waals surface area contributed by atoms with Gasteiger partial charge in [-0.05, 0) is 104 Å². The molecule has 0 bridgehead atoms. The molecule has 2 nitrogen and oxygen atoms in total. The Labute approximate surface area is 363 Å². The molecule has 2 aromatic heterocycles. The molecule has 0 spiro atoms. The van der Waals surface area contributed by atoms with Crippen LogP contribution in [0.1, 0.15) is 22.3 Å². The predicted molar refractivity (Wildman–Crippen MR) is 262 cm³/mol. The number of para-hydroxylation sites is 1. The fourth-order valence-electron chi connectivity index (χ4n) is 10.4. The molecule has 62 heavy (non-hydrogen) atoms. The minimum absolute atomic E-state index is 0.533. The summed E-state index contributed by atoms with van der Waals surface area (Å²) >= 11 is 1.86. The minimum atomic E-state index is -0.533. The second-order valence-corrected chi connectivity index (χ2v) is 17.5. The van der Waals surface area contributed by atoms with Crippen LogP contribution in [-0.4, -0.2) is 0 Å². The van der Waals surface area contributed by atoms with Crippen LogP contribution in [0.4, 0.5) is 17.1 Å².